The molecule has 41 heavy (non-hydrogen) atoms. The van der Waals surface area contributed by atoms with E-state index in [4.69, 9.17) is 25.8 Å². The van der Waals surface area contributed by atoms with Crippen LogP contribution in [0.25, 0.3) is 10.9 Å². The second-order valence-electron chi connectivity index (χ2n) is 10.7. The highest BCUT2D eigenvalue weighted by atomic mass is 35.5. The van der Waals surface area contributed by atoms with Crippen molar-refractivity contribution in [1.29, 1.82) is 0 Å². The summed E-state index contributed by atoms with van der Waals surface area (Å²) in [6.07, 6.45) is 5.43. The van der Waals surface area contributed by atoms with Gasteiger partial charge >= 0.3 is 5.97 Å². The van der Waals surface area contributed by atoms with Crippen molar-refractivity contribution >= 4 is 51.6 Å². The monoisotopic (exact) mass is 583 g/mol. The summed E-state index contributed by atoms with van der Waals surface area (Å²) in [5.41, 5.74) is 0.974. The van der Waals surface area contributed by atoms with Crippen LogP contribution in [0.1, 0.15) is 20.3 Å². The van der Waals surface area contributed by atoms with E-state index in [1.807, 2.05) is 18.7 Å². The standard InChI is InChI=1S/C29H31ClFN5O5/c1-29(2)16-36(13-27(38)41-29)8-3-4-26(37)35-24-11-20-23(12-25(24)40-15-18-7-9-39-14-18)32-17-33-28(20)34-19-5-6-22(31)21(30)10-19/h3-6,10-12,17-18H,7-9,13-16H2,1-2H3,(H,35,37)(H,32,33,34)/b4-3+. The zero-order valence-electron chi connectivity index (χ0n) is 22.8. The molecule has 1 amide bonds. The second-order valence-corrected chi connectivity index (χ2v) is 11.1. The average molecular weight is 584 g/mol. The molecule has 5 rings (SSSR count). The Hall–Kier alpha value is -3.80. The first-order valence-electron chi connectivity index (χ1n) is 13.3. The van der Waals surface area contributed by atoms with Crippen LogP contribution in [0, 0.1) is 11.7 Å². The smallest absolute Gasteiger partial charge is 0.320 e. The van der Waals surface area contributed by atoms with Crippen LogP contribution in [0.2, 0.25) is 5.02 Å². The van der Waals surface area contributed by atoms with E-state index in [1.165, 1.54) is 24.5 Å². The van der Waals surface area contributed by atoms with Crippen molar-refractivity contribution < 1.29 is 28.2 Å². The number of esters is 1. The largest absolute Gasteiger partial charge is 0.491 e. The van der Waals surface area contributed by atoms with Crippen molar-refractivity contribution in [1.82, 2.24) is 14.9 Å². The Morgan fingerprint density at radius 1 is 1.29 bits per heavy atom. The lowest BCUT2D eigenvalue weighted by atomic mass is 10.1. The predicted molar refractivity (Wildman–Crippen MR) is 153 cm³/mol. The number of halogens is 2. The highest BCUT2D eigenvalue weighted by Crippen LogP contribution is 2.34. The molecule has 1 atom stereocenters. The number of hydrogen-bond donors (Lipinski definition) is 2. The van der Waals surface area contributed by atoms with Gasteiger partial charge in [0.1, 0.15) is 29.3 Å². The fourth-order valence-electron chi connectivity index (χ4n) is 4.80. The third kappa shape index (κ3) is 7.49. The number of nitrogens with zero attached hydrogens (tertiary/aromatic N) is 3. The van der Waals surface area contributed by atoms with E-state index in [0.717, 1.165) is 6.42 Å². The molecule has 0 spiro atoms. The number of anilines is 3. The lowest BCUT2D eigenvalue weighted by Crippen LogP contribution is -2.50. The molecule has 2 N–H and O–H groups in total. The number of rotatable bonds is 9. The molecule has 0 aliphatic carbocycles. The van der Waals surface area contributed by atoms with Gasteiger partial charge < -0.3 is 24.8 Å². The Morgan fingerprint density at radius 2 is 2.15 bits per heavy atom. The first kappa shape index (κ1) is 28.7. The number of aromatic nitrogens is 2. The zero-order chi connectivity index (χ0) is 29.0. The van der Waals surface area contributed by atoms with Gasteiger partial charge in [0, 0.05) is 48.8 Å². The van der Waals surface area contributed by atoms with E-state index in [2.05, 4.69) is 20.6 Å². The molecule has 10 nitrogen and oxygen atoms in total. The quantitative estimate of drug-likeness (QED) is 0.273. The minimum Gasteiger partial charge on any atom is -0.491 e. The molecule has 2 aliphatic heterocycles. The number of fused-ring (bicyclic) bond motifs is 1. The van der Waals surface area contributed by atoms with Gasteiger partial charge in [0.15, 0.2) is 0 Å². The van der Waals surface area contributed by atoms with Gasteiger partial charge in [0.25, 0.3) is 0 Å². The first-order chi connectivity index (χ1) is 19.6. The van der Waals surface area contributed by atoms with Crippen molar-refractivity contribution in [2.24, 2.45) is 5.92 Å². The van der Waals surface area contributed by atoms with Crippen LogP contribution in [-0.2, 0) is 19.1 Å². The van der Waals surface area contributed by atoms with E-state index in [0.29, 0.717) is 66.8 Å². The topological polar surface area (TPSA) is 115 Å². The number of cyclic esters (lactones) is 1. The van der Waals surface area contributed by atoms with Crippen molar-refractivity contribution in [2.75, 3.05) is 50.1 Å². The van der Waals surface area contributed by atoms with Crippen LogP contribution in [-0.4, -0.2) is 71.8 Å². The Bertz CT molecular complexity index is 1480. The molecule has 0 saturated carbocycles. The molecule has 2 aliphatic rings. The lowest BCUT2D eigenvalue weighted by molar-refractivity contribution is -0.168. The molecule has 3 heterocycles. The van der Waals surface area contributed by atoms with E-state index < -0.39 is 11.4 Å². The third-order valence-electron chi connectivity index (χ3n) is 6.66. The van der Waals surface area contributed by atoms with Crippen molar-refractivity contribution in [2.45, 2.75) is 25.9 Å². The van der Waals surface area contributed by atoms with Gasteiger partial charge in [-0.2, -0.15) is 0 Å². The van der Waals surface area contributed by atoms with Gasteiger partial charge in [0.2, 0.25) is 5.91 Å². The highest BCUT2D eigenvalue weighted by molar-refractivity contribution is 6.31. The molecular weight excluding hydrogens is 553 g/mol. The van der Waals surface area contributed by atoms with Crippen LogP contribution in [0.4, 0.5) is 21.6 Å². The summed E-state index contributed by atoms with van der Waals surface area (Å²) < 4.78 is 30.6. The molecule has 0 bridgehead atoms. The SMILES string of the molecule is CC1(C)CN(C/C=C/C(=O)Nc2cc3c(Nc4ccc(F)c(Cl)c4)ncnc3cc2OCC2CCOC2)CC(=O)O1. The van der Waals surface area contributed by atoms with Gasteiger partial charge in [-0.1, -0.05) is 17.7 Å². The maximum Gasteiger partial charge on any atom is 0.320 e. The zero-order valence-corrected chi connectivity index (χ0v) is 23.5. The Labute approximate surface area is 241 Å². The number of ether oxygens (including phenoxy) is 3. The van der Waals surface area contributed by atoms with E-state index in [1.54, 1.807) is 24.3 Å². The molecule has 1 aromatic heterocycles. The molecule has 1 unspecified atom stereocenters. The van der Waals surface area contributed by atoms with Crippen LogP contribution in [0.5, 0.6) is 5.75 Å². The normalized spacial score (nSPS) is 18.9. The van der Waals surface area contributed by atoms with Gasteiger partial charge in [0.05, 0.1) is 36.0 Å². The third-order valence-corrected chi connectivity index (χ3v) is 6.95. The van der Waals surface area contributed by atoms with Crippen LogP contribution < -0.4 is 15.4 Å². The summed E-state index contributed by atoms with van der Waals surface area (Å²) >= 11 is 5.95. The second kappa shape index (κ2) is 12.4. The van der Waals surface area contributed by atoms with Crippen molar-refractivity contribution in [3.8, 4) is 5.75 Å². The Kier molecular flexibility index (Phi) is 8.67. The molecule has 2 fully saturated rings. The predicted octanol–water partition coefficient (Wildman–Crippen LogP) is 4.71. The Balaban J connectivity index is 1.37. The highest BCUT2D eigenvalue weighted by Gasteiger charge is 2.32. The maximum absolute atomic E-state index is 13.7. The number of morpholine rings is 1. The van der Waals surface area contributed by atoms with Gasteiger partial charge in [-0.15, -0.1) is 0 Å². The maximum atomic E-state index is 13.7. The summed E-state index contributed by atoms with van der Waals surface area (Å²) in [6.45, 7) is 6.59. The van der Waals surface area contributed by atoms with Gasteiger partial charge in [-0.05, 0) is 44.5 Å². The molecule has 2 saturated heterocycles. The molecule has 12 heteroatoms. The summed E-state index contributed by atoms with van der Waals surface area (Å²) in [4.78, 5) is 35.5. The fourth-order valence-corrected chi connectivity index (χ4v) is 4.98. The van der Waals surface area contributed by atoms with Crippen LogP contribution >= 0.6 is 11.6 Å². The van der Waals surface area contributed by atoms with E-state index in [-0.39, 0.29) is 29.4 Å². The van der Waals surface area contributed by atoms with E-state index >= 15 is 0 Å². The number of carbonyl (C=O) groups excluding carboxylic acids is 2. The van der Waals surface area contributed by atoms with Crippen molar-refractivity contribution in [3.63, 3.8) is 0 Å². The fraction of sp³-hybridized carbons (Fsp3) is 0.379. The number of benzene rings is 2. The average Bonchev–Trinajstić information content (AvgIpc) is 3.42. The Morgan fingerprint density at radius 3 is 2.90 bits per heavy atom. The number of amides is 1. The minimum atomic E-state index is -0.583. The number of hydrogen-bond acceptors (Lipinski definition) is 9. The lowest BCUT2D eigenvalue weighted by Gasteiger charge is -2.36. The number of carbonyl (C=O) groups is 2. The van der Waals surface area contributed by atoms with Crippen LogP contribution in [0.15, 0.2) is 48.8 Å². The summed E-state index contributed by atoms with van der Waals surface area (Å²) in [7, 11) is 0. The summed E-state index contributed by atoms with van der Waals surface area (Å²) in [5, 5.41) is 6.63. The van der Waals surface area contributed by atoms with Crippen LogP contribution in [0.3, 0.4) is 0 Å². The molecule has 216 valence electrons. The molecule has 2 aromatic carbocycles. The first-order valence-corrected chi connectivity index (χ1v) is 13.7. The minimum absolute atomic E-state index is 0.0234. The molecule has 3 aromatic rings. The molecular formula is C29H31ClFN5O5. The van der Waals surface area contributed by atoms with Gasteiger partial charge in [-0.25, -0.2) is 14.4 Å². The summed E-state index contributed by atoms with van der Waals surface area (Å²) in [5.74, 6) is -0.0323. The molecule has 0 radical (unpaired) electrons. The van der Waals surface area contributed by atoms with E-state index in [9.17, 15) is 14.0 Å². The van der Waals surface area contributed by atoms with Gasteiger partial charge in [-0.3, -0.25) is 14.5 Å². The summed E-state index contributed by atoms with van der Waals surface area (Å²) in [6, 6.07) is 7.75. The number of nitrogens with one attached hydrogen (secondary N) is 2. The van der Waals surface area contributed by atoms with Crippen molar-refractivity contribution in [3.05, 3.63) is 59.7 Å².